The molecule has 2 N–H and O–H groups in total. The Bertz CT molecular complexity index is 957. The molecule has 2 aliphatic rings. The Kier molecular flexibility index (Phi) is 5.16. The molecule has 0 saturated heterocycles. The van der Waals surface area contributed by atoms with Crippen molar-refractivity contribution in [3.05, 3.63) is 63.2 Å². The van der Waals surface area contributed by atoms with Gasteiger partial charge in [-0.3, -0.25) is 10.1 Å². The van der Waals surface area contributed by atoms with Crippen molar-refractivity contribution in [3.8, 4) is 0 Å². The molecule has 1 heterocycles. The molecule has 0 aromatic heterocycles. The Hall–Kier alpha value is -1.96. The SMILES string of the molecule is O=C(O)[C@H]1Nc2ccc(Cl)cc2[C@@H]2[C@H](Cl)[C@@H](Sc3ccccc3[N+](=O)[O-])C[C@H]21. The molecule has 5 atom stereocenters. The summed E-state index contributed by atoms with van der Waals surface area (Å²) in [5.74, 6) is -1.36. The highest BCUT2D eigenvalue weighted by Crippen LogP contribution is 2.55. The van der Waals surface area contributed by atoms with E-state index in [1.54, 1.807) is 30.3 Å². The molecule has 1 aliphatic carbocycles. The molecule has 6 nitrogen and oxygen atoms in total. The summed E-state index contributed by atoms with van der Waals surface area (Å²) in [6, 6.07) is 11.1. The van der Waals surface area contributed by atoms with Crippen LogP contribution < -0.4 is 5.32 Å². The fraction of sp³-hybridized carbons (Fsp3) is 0.316. The van der Waals surface area contributed by atoms with Crippen LogP contribution in [0.2, 0.25) is 5.02 Å². The fourth-order valence-corrected chi connectivity index (χ4v) is 6.33. The summed E-state index contributed by atoms with van der Waals surface area (Å²) in [7, 11) is 0. The zero-order valence-corrected chi connectivity index (χ0v) is 16.7. The lowest BCUT2D eigenvalue weighted by Crippen LogP contribution is -2.42. The van der Waals surface area contributed by atoms with Crippen LogP contribution in [0.1, 0.15) is 17.9 Å². The van der Waals surface area contributed by atoms with E-state index in [1.165, 1.54) is 17.8 Å². The van der Waals surface area contributed by atoms with Crippen molar-refractivity contribution in [2.45, 2.75) is 33.9 Å². The van der Waals surface area contributed by atoms with Crippen molar-refractivity contribution in [2.24, 2.45) is 5.92 Å². The molecule has 9 heteroatoms. The number of carboxylic acid groups (broad SMARTS) is 1. The predicted molar refractivity (Wildman–Crippen MR) is 110 cm³/mol. The first-order chi connectivity index (χ1) is 13.4. The third-order valence-corrected chi connectivity index (χ3v) is 7.73. The van der Waals surface area contributed by atoms with Gasteiger partial charge in [0.15, 0.2) is 0 Å². The highest BCUT2D eigenvalue weighted by atomic mass is 35.5. The summed E-state index contributed by atoms with van der Waals surface area (Å²) in [5.41, 5.74) is 1.66. The van der Waals surface area contributed by atoms with Crippen molar-refractivity contribution in [2.75, 3.05) is 5.32 Å². The number of thioether (sulfide) groups is 1. The van der Waals surface area contributed by atoms with Gasteiger partial charge in [0, 0.05) is 27.9 Å². The van der Waals surface area contributed by atoms with Crippen LogP contribution in [0, 0.1) is 16.0 Å². The molecule has 2 aromatic carbocycles. The number of aliphatic carboxylic acids is 1. The summed E-state index contributed by atoms with van der Waals surface area (Å²) in [6.45, 7) is 0. The Balaban J connectivity index is 1.70. The van der Waals surface area contributed by atoms with E-state index in [2.05, 4.69) is 5.32 Å². The molecule has 0 bridgehead atoms. The highest BCUT2D eigenvalue weighted by molar-refractivity contribution is 8.00. The minimum atomic E-state index is -0.934. The monoisotopic (exact) mass is 438 g/mol. The molecular formula is C19H16Cl2N2O4S. The minimum Gasteiger partial charge on any atom is -0.480 e. The predicted octanol–water partition coefficient (Wildman–Crippen LogP) is 5.00. The van der Waals surface area contributed by atoms with Crippen molar-refractivity contribution in [3.63, 3.8) is 0 Å². The van der Waals surface area contributed by atoms with Gasteiger partial charge in [-0.05, 0) is 42.2 Å². The second kappa shape index (κ2) is 7.46. The summed E-state index contributed by atoms with van der Waals surface area (Å²) in [5, 5.41) is 24.2. The summed E-state index contributed by atoms with van der Waals surface area (Å²) < 4.78 is 0. The molecule has 146 valence electrons. The maximum atomic E-state index is 11.9. The quantitative estimate of drug-likeness (QED) is 0.396. The molecule has 0 spiro atoms. The lowest BCUT2D eigenvalue weighted by molar-refractivity contribution is -0.387. The highest BCUT2D eigenvalue weighted by Gasteiger charge is 2.52. The molecular weight excluding hydrogens is 423 g/mol. The number of anilines is 1. The van der Waals surface area contributed by atoms with Gasteiger partial charge in [0.2, 0.25) is 0 Å². The first-order valence-corrected chi connectivity index (χ1v) is 10.4. The van der Waals surface area contributed by atoms with E-state index in [0.717, 1.165) is 11.3 Å². The van der Waals surface area contributed by atoms with Crippen LogP contribution in [-0.4, -0.2) is 32.7 Å². The van der Waals surface area contributed by atoms with Gasteiger partial charge in [0.1, 0.15) is 6.04 Å². The third kappa shape index (κ3) is 3.32. The van der Waals surface area contributed by atoms with E-state index < -0.39 is 16.9 Å². The number of hydrogen-bond acceptors (Lipinski definition) is 5. The van der Waals surface area contributed by atoms with Gasteiger partial charge in [-0.2, -0.15) is 0 Å². The van der Waals surface area contributed by atoms with Crippen molar-refractivity contribution >= 4 is 52.3 Å². The van der Waals surface area contributed by atoms with Crippen molar-refractivity contribution in [1.29, 1.82) is 0 Å². The standard InChI is InChI=1S/C19H16Cl2N2O4S/c20-9-5-6-12-10(7-9)16-11(18(22-12)19(24)25)8-15(17(16)21)28-14-4-2-1-3-13(14)23(26)27/h1-7,11,15-18,22H,8H2,(H,24,25)/t11-,15+,16+,17-,18+/m1/s1. The van der Waals surface area contributed by atoms with E-state index in [4.69, 9.17) is 23.2 Å². The second-order valence-electron chi connectivity index (χ2n) is 6.94. The molecule has 1 aliphatic heterocycles. The smallest absolute Gasteiger partial charge is 0.326 e. The minimum absolute atomic E-state index is 0.0302. The first-order valence-electron chi connectivity index (χ1n) is 8.69. The number of nitro groups is 1. The number of halogens is 2. The van der Waals surface area contributed by atoms with Crippen LogP contribution in [0.3, 0.4) is 0 Å². The van der Waals surface area contributed by atoms with Crippen molar-refractivity contribution < 1.29 is 14.8 Å². The Labute approximate surface area is 175 Å². The number of para-hydroxylation sites is 1. The molecule has 0 amide bonds. The van der Waals surface area contributed by atoms with Gasteiger partial charge < -0.3 is 10.4 Å². The largest absolute Gasteiger partial charge is 0.480 e. The van der Waals surface area contributed by atoms with Crippen LogP contribution in [0.4, 0.5) is 11.4 Å². The van der Waals surface area contributed by atoms with Crippen LogP contribution >= 0.6 is 35.0 Å². The number of fused-ring (bicyclic) bond motifs is 3. The van der Waals surface area contributed by atoms with Crippen LogP contribution in [0.15, 0.2) is 47.4 Å². The van der Waals surface area contributed by atoms with Gasteiger partial charge in [0.05, 0.1) is 15.2 Å². The zero-order chi connectivity index (χ0) is 20.0. The lowest BCUT2D eigenvalue weighted by Gasteiger charge is -2.35. The molecule has 1 saturated carbocycles. The number of carbonyl (C=O) groups is 1. The van der Waals surface area contributed by atoms with E-state index in [-0.39, 0.29) is 28.2 Å². The third-order valence-electron chi connectivity index (χ3n) is 5.38. The molecule has 4 rings (SSSR count). The summed E-state index contributed by atoms with van der Waals surface area (Å²) in [4.78, 5) is 23.3. The number of carboxylic acids is 1. The first kappa shape index (κ1) is 19.4. The maximum Gasteiger partial charge on any atom is 0.326 e. The van der Waals surface area contributed by atoms with Gasteiger partial charge in [-0.1, -0.05) is 23.7 Å². The Morgan fingerprint density at radius 3 is 2.75 bits per heavy atom. The van der Waals surface area contributed by atoms with Crippen LogP contribution in [0.5, 0.6) is 0 Å². The fourth-order valence-electron chi connectivity index (χ4n) is 4.20. The number of alkyl halides is 1. The number of nitrogens with one attached hydrogen (secondary N) is 1. The van der Waals surface area contributed by atoms with Gasteiger partial charge in [-0.25, -0.2) is 4.79 Å². The van der Waals surface area contributed by atoms with E-state index in [9.17, 15) is 20.0 Å². The average molecular weight is 439 g/mol. The normalized spacial score (nSPS) is 28.1. The second-order valence-corrected chi connectivity index (χ2v) is 9.16. The topological polar surface area (TPSA) is 92.5 Å². The number of rotatable bonds is 4. The number of nitrogens with zero attached hydrogens (tertiary/aromatic N) is 1. The van der Waals surface area contributed by atoms with E-state index in [0.29, 0.717) is 16.3 Å². The van der Waals surface area contributed by atoms with Gasteiger partial charge in [-0.15, -0.1) is 23.4 Å². The van der Waals surface area contributed by atoms with Crippen molar-refractivity contribution in [1.82, 2.24) is 0 Å². The number of hydrogen-bond donors (Lipinski definition) is 2. The van der Waals surface area contributed by atoms with E-state index >= 15 is 0 Å². The molecule has 1 fully saturated rings. The number of nitro benzene ring substituents is 1. The summed E-state index contributed by atoms with van der Waals surface area (Å²) in [6.07, 6.45) is 0.533. The maximum absolute atomic E-state index is 11.9. The molecule has 28 heavy (non-hydrogen) atoms. The van der Waals surface area contributed by atoms with E-state index in [1.807, 2.05) is 6.07 Å². The Morgan fingerprint density at radius 2 is 2.04 bits per heavy atom. The Morgan fingerprint density at radius 1 is 1.29 bits per heavy atom. The van der Waals surface area contributed by atoms with Crippen LogP contribution in [0.25, 0.3) is 0 Å². The van der Waals surface area contributed by atoms with Crippen LogP contribution in [-0.2, 0) is 4.79 Å². The molecule has 2 aromatic rings. The summed E-state index contributed by atoms with van der Waals surface area (Å²) >= 11 is 14.3. The number of benzene rings is 2. The molecule has 0 unspecified atom stereocenters. The van der Waals surface area contributed by atoms with Gasteiger partial charge >= 0.3 is 5.97 Å². The lowest BCUT2D eigenvalue weighted by atomic mass is 9.79. The average Bonchev–Trinajstić information content (AvgIpc) is 2.98. The zero-order valence-electron chi connectivity index (χ0n) is 14.4. The molecule has 0 radical (unpaired) electrons. The van der Waals surface area contributed by atoms with Gasteiger partial charge in [0.25, 0.3) is 5.69 Å².